The Hall–Kier alpha value is -5.24. The SMILES string of the molecule is [B]C([B])(/C=C/C(=O)N1CCN2C[C@@H]1COc1cc3ncnc(Nc4cc(C)c(Oc5ccn6ncnc6c5)cc4F)c3nc12)N(C)C. The third-order valence-corrected chi connectivity index (χ3v) is 8.32. The number of hydrogen-bond donors (Lipinski definition) is 1. The summed E-state index contributed by atoms with van der Waals surface area (Å²) >= 11 is 0. The predicted molar refractivity (Wildman–Crippen MR) is 175 cm³/mol. The lowest BCUT2D eigenvalue weighted by Gasteiger charge is -2.39. The van der Waals surface area contributed by atoms with Gasteiger partial charge in [0.05, 0.1) is 32.9 Å². The number of amides is 1. The molecule has 7 rings (SSSR count). The van der Waals surface area contributed by atoms with Crippen molar-refractivity contribution in [1.82, 2.24) is 39.3 Å². The van der Waals surface area contributed by atoms with Crippen LogP contribution >= 0.6 is 0 Å². The standard InChI is InChI=1S/C31H29B2FN10O3/c1-18-10-22(21(34)12-24(18)47-20-5-7-44-26(11-20)36-17-38-44)39-29-28-23(35-16-37-29)13-25-30(40-28)42-8-9-43(19(14-42)15-46-25)27(45)4-6-31(32,33)41(2)3/h4-7,10-13,16-17,19H,8-9,14-15H2,1-3H3,(H,35,37,39)/b6-4+/t19-/m1/s1. The van der Waals surface area contributed by atoms with Crippen molar-refractivity contribution in [2.45, 2.75) is 18.3 Å². The second-order valence-electron chi connectivity index (χ2n) is 11.7. The normalized spacial score (nSPS) is 16.4. The number of nitrogens with zero attached hydrogens (tertiary/aromatic N) is 9. The van der Waals surface area contributed by atoms with E-state index in [2.05, 4.69) is 30.3 Å². The van der Waals surface area contributed by atoms with E-state index in [1.807, 2.05) is 6.92 Å². The van der Waals surface area contributed by atoms with Gasteiger partial charge < -0.3 is 29.5 Å². The molecule has 234 valence electrons. The lowest BCUT2D eigenvalue weighted by Crippen LogP contribution is -2.56. The topological polar surface area (TPSA) is 126 Å². The number of likely N-dealkylation sites (N-methyl/N-ethyl adjacent to an activating group) is 1. The number of anilines is 3. The van der Waals surface area contributed by atoms with Crippen LogP contribution < -0.4 is 19.7 Å². The molecule has 4 radical (unpaired) electrons. The zero-order chi connectivity index (χ0) is 32.9. The van der Waals surface area contributed by atoms with Gasteiger partial charge >= 0.3 is 0 Å². The average Bonchev–Trinajstić information content (AvgIpc) is 3.47. The van der Waals surface area contributed by atoms with Crippen molar-refractivity contribution in [3.63, 3.8) is 0 Å². The van der Waals surface area contributed by atoms with Crippen molar-refractivity contribution in [2.75, 3.05) is 50.6 Å². The summed E-state index contributed by atoms with van der Waals surface area (Å²) in [6.07, 6.45) is 7.44. The zero-order valence-corrected chi connectivity index (χ0v) is 26.0. The van der Waals surface area contributed by atoms with E-state index in [-0.39, 0.29) is 24.2 Å². The first-order valence-electron chi connectivity index (χ1n) is 14.9. The fourth-order valence-corrected chi connectivity index (χ4v) is 5.48. The summed E-state index contributed by atoms with van der Waals surface area (Å²) in [6.45, 7) is 3.56. The Labute approximate surface area is 272 Å². The molecule has 1 atom stereocenters. The van der Waals surface area contributed by atoms with Gasteiger partial charge in [0, 0.05) is 44.0 Å². The lowest BCUT2D eigenvalue weighted by atomic mass is 9.61. The van der Waals surface area contributed by atoms with Gasteiger partial charge in [0.15, 0.2) is 23.0 Å². The molecule has 2 aliphatic heterocycles. The van der Waals surface area contributed by atoms with Crippen LogP contribution in [0.15, 0.2) is 61.3 Å². The first kappa shape index (κ1) is 30.4. The van der Waals surface area contributed by atoms with Crippen molar-refractivity contribution in [3.8, 4) is 17.2 Å². The van der Waals surface area contributed by atoms with Crippen LogP contribution in [-0.2, 0) is 4.79 Å². The number of rotatable bonds is 7. The number of hydrogen-bond acceptors (Lipinski definition) is 11. The molecule has 1 fully saturated rings. The highest BCUT2D eigenvalue weighted by Crippen LogP contribution is 2.37. The van der Waals surface area contributed by atoms with Gasteiger partial charge in [-0.2, -0.15) is 5.10 Å². The molecular weight excluding hydrogens is 601 g/mol. The summed E-state index contributed by atoms with van der Waals surface area (Å²) in [6, 6.07) is 7.97. The van der Waals surface area contributed by atoms with E-state index in [0.29, 0.717) is 70.8 Å². The number of halogens is 1. The lowest BCUT2D eigenvalue weighted by molar-refractivity contribution is -0.129. The Kier molecular flexibility index (Phi) is 7.66. The van der Waals surface area contributed by atoms with Crippen molar-refractivity contribution >= 4 is 55.6 Å². The number of benzene rings is 1. The van der Waals surface area contributed by atoms with Crippen molar-refractivity contribution in [1.29, 1.82) is 0 Å². The molecule has 6 heterocycles. The molecule has 1 aromatic carbocycles. The van der Waals surface area contributed by atoms with Gasteiger partial charge in [0.2, 0.25) is 5.91 Å². The first-order chi connectivity index (χ1) is 22.6. The molecule has 1 N–H and O–H groups in total. The van der Waals surface area contributed by atoms with Gasteiger partial charge in [-0.25, -0.2) is 28.8 Å². The third-order valence-electron chi connectivity index (χ3n) is 8.32. The van der Waals surface area contributed by atoms with Crippen molar-refractivity contribution in [2.24, 2.45) is 0 Å². The van der Waals surface area contributed by atoms with E-state index in [1.54, 1.807) is 58.9 Å². The number of aromatic nitrogens is 6. The zero-order valence-electron chi connectivity index (χ0n) is 26.0. The number of piperazine rings is 1. The number of nitrogens with one attached hydrogen (secondary N) is 1. The third kappa shape index (κ3) is 5.91. The van der Waals surface area contributed by atoms with Crippen LogP contribution in [0.2, 0.25) is 0 Å². The Balaban J connectivity index is 1.12. The number of ether oxygens (including phenoxy) is 2. The highest BCUT2D eigenvalue weighted by Gasteiger charge is 2.35. The van der Waals surface area contributed by atoms with Crippen LogP contribution in [0.5, 0.6) is 17.2 Å². The fourth-order valence-electron chi connectivity index (χ4n) is 5.48. The smallest absolute Gasteiger partial charge is 0.246 e. The van der Waals surface area contributed by atoms with E-state index in [0.717, 1.165) is 0 Å². The highest BCUT2D eigenvalue weighted by atomic mass is 19.1. The number of carbonyl (C=O) groups is 1. The summed E-state index contributed by atoms with van der Waals surface area (Å²) in [5.41, 5.74) is 2.46. The molecule has 0 spiro atoms. The minimum atomic E-state index is -1.25. The largest absolute Gasteiger partial charge is 0.487 e. The average molecular weight is 630 g/mol. The van der Waals surface area contributed by atoms with E-state index in [9.17, 15) is 4.79 Å². The Morgan fingerprint density at radius 2 is 2.02 bits per heavy atom. The molecule has 13 nitrogen and oxygen atoms in total. The van der Waals surface area contributed by atoms with Gasteiger partial charge in [-0.15, -0.1) is 0 Å². The molecule has 5 aromatic rings. The molecule has 4 aromatic heterocycles. The summed E-state index contributed by atoms with van der Waals surface area (Å²) in [4.78, 5) is 36.4. The van der Waals surface area contributed by atoms with Gasteiger partial charge in [0.1, 0.15) is 42.1 Å². The summed E-state index contributed by atoms with van der Waals surface area (Å²) in [7, 11) is 15.6. The van der Waals surface area contributed by atoms with Gasteiger partial charge in [0.25, 0.3) is 0 Å². The van der Waals surface area contributed by atoms with Crippen LogP contribution in [0.1, 0.15) is 5.56 Å². The first-order valence-corrected chi connectivity index (χ1v) is 14.9. The molecule has 2 aliphatic rings. The molecular formula is C31H29B2FN10O3. The van der Waals surface area contributed by atoms with Crippen LogP contribution in [-0.4, -0.2) is 113 Å². The Bertz CT molecular complexity index is 2040. The molecule has 47 heavy (non-hydrogen) atoms. The molecule has 0 aliphatic carbocycles. The minimum Gasteiger partial charge on any atom is -0.487 e. The Morgan fingerprint density at radius 3 is 2.85 bits per heavy atom. The number of carbonyl (C=O) groups excluding carboxylic acids is 1. The maximum Gasteiger partial charge on any atom is 0.246 e. The molecule has 0 unspecified atom stereocenters. The fraction of sp³-hybridized carbons (Fsp3) is 0.290. The quantitative estimate of drug-likeness (QED) is 0.211. The van der Waals surface area contributed by atoms with E-state index in [1.165, 1.54) is 30.9 Å². The monoisotopic (exact) mass is 630 g/mol. The highest BCUT2D eigenvalue weighted by molar-refractivity contribution is 6.41. The van der Waals surface area contributed by atoms with Crippen LogP contribution in [0.4, 0.5) is 21.7 Å². The Morgan fingerprint density at radius 1 is 1.17 bits per heavy atom. The van der Waals surface area contributed by atoms with E-state index >= 15 is 4.39 Å². The number of pyridine rings is 2. The second-order valence-corrected chi connectivity index (χ2v) is 11.7. The molecule has 0 saturated carbocycles. The van der Waals surface area contributed by atoms with Gasteiger partial charge in [-0.05, 0) is 50.1 Å². The van der Waals surface area contributed by atoms with Crippen LogP contribution in [0.25, 0.3) is 16.7 Å². The number of aryl methyl sites for hydroxylation is 1. The van der Waals surface area contributed by atoms with Crippen LogP contribution in [0, 0.1) is 12.7 Å². The summed E-state index contributed by atoms with van der Waals surface area (Å²) < 4.78 is 29.2. The molecule has 1 amide bonds. The molecule has 2 bridgehead atoms. The maximum atomic E-state index is 15.5. The predicted octanol–water partition coefficient (Wildman–Crippen LogP) is 2.57. The van der Waals surface area contributed by atoms with Gasteiger partial charge in [-0.3, -0.25) is 4.79 Å². The van der Waals surface area contributed by atoms with Crippen molar-refractivity contribution in [3.05, 3.63) is 72.7 Å². The second kappa shape index (κ2) is 11.8. The number of fused-ring (bicyclic) bond motifs is 6. The van der Waals surface area contributed by atoms with E-state index in [4.69, 9.17) is 30.2 Å². The van der Waals surface area contributed by atoms with Crippen LogP contribution in [0.3, 0.4) is 0 Å². The molecule has 1 saturated heterocycles. The summed E-state index contributed by atoms with van der Waals surface area (Å²) in [5, 5.41) is 5.91. The summed E-state index contributed by atoms with van der Waals surface area (Å²) in [5.74, 6) is 1.59. The molecule has 16 heteroatoms. The van der Waals surface area contributed by atoms with E-state index < -0.39 is 11.2 Å². The minimum absolute atomic E-state index is 0.198. The van der Waals surface area contributed by atoms with Gasteiger partial charge in [-0.1, -0.05) is 6.08 Å². The van der Waals surface area contributed by atoms with Crippen molar-refractivity contribution < 1.29 is 18.7 Å². The maximum absolute atomic E-state index is 15.5.